The number of nitrogens with zero attached hydrogens (tertiary/aromatic N) is 2. The predicted octanol–water partition coefficient (Wildman–Crippen LogP) is 17.5. The molecule has 0 amide bonds. The van der Waals surface area contributed by atoms with Crippen molar-refractivity contribution in [2.45, 2.75) is 52.4 Å². The largest absolute Gasteiger partial charge is 0.310 e. The highest BCUT2D eigenvalue weighted by Gasteiger charge is 2.23. The Balaban J connectivity index is 1.16. The molecule has 10 aromatic carbocycles. The van der Waals surface area contributed by atoms with Crippen molar-refractivity contribution < 1.29 is 0 Å². The van der Waals surface area contributed by atoms with Crippen LogP contribution in [0.3, 0.4) is 0 Å². The van der Waals surface area contributed by atoms with Crippen LogP contribution in [-0.2, 0) is 10.8 Å². The Morgan fingerprint density at radius 2 is 0.565 bits per heavy atom. The number of hydrogen-bond donors (Lipinski definition) is 0. The molecule has 0 aliphatic carbocycles. The van der Waals surface area contributed by atoms with E-state index in [1.807, 2.05) is 0 Å². The van der Waals surface area contributed by atoms with E-state index in [0.29, 0.717) is 0 Å². The summed E-state index contributed by atoms with van der Waals surface area (Å²) >= 11 is 0. The quantitative estimate of drug-likeness (QED) is 0.141. The third-order valence-corrected chi connectivity index (χ3v) is 12.5. The Bertz CT molecular complexity index is 2920. The average molecular weight is 801 g/mol. The van der Waals surface area contributed by atoms with E-state index in [4.69, 9.17) is 0 Å². The minimum absolute atomic E-state index is 0.0534. The Kier molecular flexibility index (Phi) is 9.68. The van der Waals surface area contributed by atoms with E-state index in [1.165, 1.54) is 65.7 Å². The summed E-state index contributed by atoms with van der Waals surface area (Å²) in [4.78, 5) is 4.87. The zero-order valence-electron chi connectivity index (χ0n) is 36.5. The molecule has 0 bridgehead atoms. The molecule has 0 aromatic heterocycles. The maximum Gasteiger partial charge on any atom is 0.0540 e. The van der Waals surface area contributed by atoms with Gasteiger partial charge in [-0.1, -0.05) is 187 Å². The molecule has 2 heteroatoms. The molecule has 62 heavy (non-hydrogen) atoms. The van der Waals surface area contributed by atoms with Crippen LogP contribution in [-0.4, -0.2) is 0 Å². The summed E-state index contributed by atoms with van der Waals surface area (Å²) in [5.74, 6) is 0. The van der Waals surface area contributed by atoms with Crippen molar-refractivity contribution in [1.29, 1.82) is 0 Å². The van der Waals surface area contributed by atoms with Crippen molar-refractivity contribution in [2.75, 3.05) is 9.80 Å². The fourth-order valence-electron chi connectivity index (χ4n) is 9.10. The third kappa shape index (κ3) is 7.16. The van der Waals surface area contributed by atoms with Gasteiger partial charge in [0.2, 0.25) is 0 Å². The van der Waals surface area contributed by atoms with Crippen LogP contribution < -0.4 is 9.80 Å². The lowest BCUT2D eigenvalue weighted by molar-refractivity contribution is 0.590. The van der Waals surface area contributed by atoms with Gasteiger partial charge >= 0.3 is 0 Å². The van der Waals surface area contributed by atoms with E-state index in [9.17, 15) is 0 Å². The Labute approximate surface area is 366 Å². The number of benzene rings is 10. The average Bonchev–Trinajstić information content (AvgIpc) is 3.30. The Morgan fingerprint density at radius 1 is 0.274 bits per heavy atom. The van der Waals surface area contributed by atoms with Gasteiger partial charge in [0.05, 0.1) is 11.4 Å². The molecule has 0 aliphatic rings. The summed E-state index contributed by atoms with van der Waals surface area (Å²) in [7, 11) is 0. The molecule has 10 rings (SSSR count). The lowest BCUT2D eigenvalue weighted by Crippen LogP contribution is -2.14. The molecule has 0 saturated heterocycles. The minimum atomic E-state index is 0.0534. The summed E-state index contributed by atoms with van der Waals surface area (Å²) in [5.41, 5.74) is 14.4. The van der Waals surface area contributed by atoms with E-state index < -0.39 is 0 Å². The molecule has 0 N–H and O–H groups in total. The van der Waals surface area contributed by atoms with Gasteiger partial charge < -0.3 is 9.80 Å². The summed E-state index contributed by atoms with van der Waals surface area (Å²) in [6.45, 7) is 13.7. The highest BCUT2D eigenvalue weighted by molar-refractivity contribution is 6.28. The fourth-order valence-corrected chi connectivity index (χ4v) is 9.10. The zero-order chi connectivity index (χ0) is 42.6. The maximum absolute atomic E-state index is 2.44. The van der Waals surface area contributed by atoms with E-state index >= 15 is 0 Å². The van der Waals surface area contributed by atoms with Crippen molar-refractivity contribution in [3.8, 4) is 22.3 Å². The Morgan fingerprint density at radius 3 is 0.887 bits per heavy atom. The van der Waals surface area contributed by atoms with Gasteiger partial charge in [-0.15, -0.1) is 0 Å². The van der Waals surface area contributed by atoms with Crippen LogP contribution in [0.4, 0.5) is 34.1 Å². The molecule has 10 aromatic rings. The molecule has 0 spiro atoms. The summed E-state index contributed by atoms with van der Waals surface area (Å²) < 4.78 is 0. The van der Waals surface area contributed by atoms with E-state index in [0.717, 1.165) is 34.1 Å². The van der Waals surface area contributed by atoms with Gasteiger partial charge in [-0.05, 0) is 126 Å². The van der Waals surface area contributed by atoms with Gasteiger partial charge in [0.1, 0.15) is 0 Å². The zero-order valence-corrected chi connectivity index (χ0v) is 36.5. The highest BCUT2D eigenvalue weighted by Crippen LogP contribution is 2.48. The van der Waals surface area contributed by atoms with Gasteiger partial charge in [-0.2, -0.15) is 0 Å². The topological polar surface area (TPSA) is 6.48 Å². The smallest absolute Gasteiger partial charge is 0.0540 e. The molecule has 0 saturated carbocycles. The molecule has 2 nitrogen and oxygen atoms in total. The second-order valence-electron chi connectivity index (χ2n) is 18.7. The first-order valence-corrected chi connectivity index (χ1v) is 21.8. The van der Waals surface area contributed by atoms with Crippen LogP contribution >= 0.6 is 0 Å². The van der Waals surface area contributed by atoms with Crippen LogP contribution in [0, 0.1) is 0 Å². The van der Waals surface area contributed by atoms with Gasteiger partial charge in [0.15, 0.2) is 0 Å². The highest BCUT2D eigenvalue weighted by atomic mass is 15.1. The van der Waals surface area contributed by atoms with Crippen LogP contribution in [0.1, 0.15) is 52.7 Å². The van der Waals surface area contributed by atoms with Crippen molar-refractivity contribution in [3.63, 3.8) is 0 Å². The van der Waals surface area contributed by atoms with Crippen LogP contribution in [0.5, 0.6) is 0 Å². The molecular weight excluding hydrogens is 749 g/mol. The van der Waals surface area contributed by atoms with Crippen molar-refractivity contribution >= 4 is 66.4 Å². The monoisotopic (exact) mass is 800 g/mol. The molecule has 0 radical (unpaired) electrons. The van der Waals surface area contributed by atoms with E-state index in [2.05, 4.69) is 258 Å². The van der Waals surface area contributed by atoms with Gasteiger partial charge in [0.25, 0.3) is 0 Å². The molecule has 0 heterocycles. The van der Waals surface area contributed by atoms with Crippen LogP contribution in [0.25, 0.3) is 54.6 Å². The summed E-state index contributed by atoms with van der Waals surface area (Å²) in [5, 5.41) is 7.46. The van der Waals surface area contributed by atoms with Crippen LogP contribution in [0.15, 0.2) is 206 Å². The first-order chi connectivity index (χ1) is 30.0. The predicted molar refractivity (Wildman–Crippen MR) is 268 cm³/mol. The van der Waals surface area contributed by atoms with Crippen molar-refractivity contribution in [3.05, 3.63) is 217 Å². The molecular formula is C60H52N2. The lowest BCUT2D eigenvalue weighted by Gasteiger charge is -2.30. The van der Waals surface area contributed by atoms with Crippen molar-refractivity contribution in [2.24, 2.45) is 0 Å². The second kappa shape index (κ2) is 15.4. The second-order valence-corrected chi connectivity index (χ2v) is 18.7. The van der Waals surface area contributed by atoms with Gasteiger partial charge in [-0.3, -0.25) is 0 Å². The standard InChI is InChI=1S/C60H52N2/c1-59(2,3)47-25-33-51(34-26-47)61(49-29-17-43(18-30-49)41-13-9-7-10-14-41)55-39-23-45-22-38-54-56(40-24-46-21-37-53(55)57(45)58(46)54)62(52-35-27-48(28-36-52)60(4,5)6)50-31-19-44(20-32-50)42-15-11-8-12-16-42/h7-40H,1-6H3. The molecule has 0 fully saturated rings. The molecule has 0 unspecified atom stereocenters. The first kappa shape index (κ1) is 39.0. The number of anilines is 6. The summed E-state index contributed by atoms with van der Waals surface area (Å²) in [6, 6.07) is 76.1. The number of rotatable bonds is 8. The van der Waals surface area contributed by atoms with Gasteiger partial charge in [0, 0.05) is 33.5 Å². The maximum atomic E-state index is 2.44. The molecule has 0 atom stereocenters. The first-order valence-electron chi connectivity index (χ1n) is 21.8. The summed E-state index contributed by atoms with van der Waals surface area (Å²) in [6.07, 6.45) is 0. The van der Waals surface area contributed by atoms with E-state index in [1.54, 1.807) is 0 Å². The van der Waals surface area contributed by atoms with Crippen LogP contribution in [0.2, 0.25) is 0 Å². The SMILES string of the molecule is CC(C)(C)c1ccc(N(c2ccc(-c3ccccc3)cc2)c2ccc3ccc4c(N(c5ccc(-c6ccccc6)cc5)c5ccc(C(C)(C)C)cc5)ccc5ccc2c3c54)cc1. The molecule has 302 valence electrons. The normalized spacial score (nSPS) is 12.0. The fraction of sp³-hybridized carbons (Fsp3) is 0.133. The van der Waals surface area contributed by atoms with E-state index in [-0.39, 0.29) is 10.8 Å². The molecule has 0 aliphatic heterocycles. The van der Waals surface area contributed by atoms with Crippen molar-refractivity contribution in [1.82, 2.24) is 0 Å². The lowest BCUT2D eigenvalue weighted by atomic mass is 9.87. The number of hydrogen-bond acceptors (Lipinski definition) is 2. The Hall–Kier alpha value is -7.16. The minimum Gasteiger partial charge on any atom is -0.310 e. The third-order valence-electron chi connectivity index (χ3n) is 12.5. The van der Waals surface area contributed by atoms with Gasteiger partial charge in [-0.25, -0.2) is 0 Å².